The number of amides is 1. The highest BCUT2D eigenvalue weighted by Crippen LogP contribution is 2.06. The van der Waals surface area contributed by atoms with Gasteiger partial charge in [0.05, 0.1) is 12.7 Å². The number of rotatable bonds is 4. The minimum Gasteiger partial charge on any atom is -0.476 e. The number of carboxylic acid groups (broad SMARTS) is 1. The predicted octanol–water partition coefficient (Wildman–Crippen LogP) is 0.889. The van der Waals surface area contributed by atoms with E-state index in [-0.39, 0.29) is 11.7 Å². The molecular formula is C11H18N4O4. The van der Waals surface area contributed by atoms with E-state index in [2.05, 4.69) is 15.6 Å². The number of carbonyl (C=O) groups excluding carboxylic acids is 1. The van der Waals surface area contributed by atoms with Crippen LogP contribution in [0.5, 0.6) is 0 Å². The fraction of sp³-hybridized carbons (Fsp3) is 0.636. The van der Waals surface area contributed by atoms with Crippen LogP contribution in [0.4, 0.5) is 4.79 Å². The van der Waals surface area contributed by atoms with Gasteiger partial charge in [0.15, 0.2) is 5.69 Å². The van der Waals surface area contributed by atoms with Crippen molar-refractivity contribution < 1.29 is 19.4 Å². The van der Waals surface area contributed by atoms with Crippen LogP contribution >= 0.6 is 0 Å². The third kappa shape index (κ3) is 5.36. The summed E-state index contributed by atoms with van der Waals surface area (Å²) in [6, 6.07) is -0.266. The lowest BCUT2D eigenvalue weighted by Gasteiger charge is -2.21. The summed E-state index contributed by atoms with van der Waals surface area (Å²) in [5, 5.41) is 18.5. The number of carboxylic acids is 1. The molecule has 0 radical (unpaired) electrons. The summed E-state index contributed by atoms with van der Waals surface area (Å²) in [6.07, 6.45) is 0.772. The number of carbonyl (C=O) groups is 2. The average Bonchev–Trinajstić information content (AvgIpc) is 2.62. The zero-order chi connectivity index (χ0) is 14.6. The normalized spacial score (nSPS) is 12.8. The SMILES string of the molecule is CC(Cn1cc(C(=O)O)nn1)NC(=O)OC(C)(C)C. The van der Waals surface area contributed by atoms with Crippen molar-refractivity contribution in [3.05, 3.63) is 11.9 Å². The predicted molar refractivity (Wildman–Crippen MR) is 65.8 cm³/mol. The lowest BCUT2D eigenvalue weighted by molar-refractivity contribution is 0.0502. The first kappa shape index (κ1) is 14.9. The molecule has 0 bridgehead atoms. The van der Waals surface area contributed by atoms with Gasteiger partial charge in [0.1, 0.15) is 5.60 Å². The largest absolute Gasteiger partial charge is 0.476 e. The van der Waals surface area contributed by atoms with E-state index in [1.807, 2.05) is 0 Å². The van der Waals surface area contributed by atoms with Crippen molar-refractivity contribution in [2.24, 2.45) is 0 Å². The van der Waals surface area contributed by atoms with Gasteiger partial charge in [0, 0.05) is 6.04 Å². The van der Waals surface area contributed by atoms with E-state index in [1.165, 1.54) is 10.9 Å². The van der Waals surface area contributed by atoms with Crippen LogP contribution in [0, 0.1) is 0 Å². The molecule has 2 N–H and O–H groups in total. The maximum Gasteiger partial charge on any atom is 0.407 e. The highest BCUT2D eigenvalue weighted by Gasteiger charge is 2.18. The van der Waals surface area contributed by atoms with Gasteiger partial charge in [-0.05, 0) is 27.7 Å². The van der Waals surface area contributed by atoms with Crippen molar-refractivity contribution in [1.29, 1.82) is 0 Å². The third-order valence-electron chi connectivity index (χ3n) is 1.98. The van der Waals surface area contributed by atoms with Gasteiger partial charge in [0.2, 0.25) is 0 Å². The van der Waals surface area contributed by atoms with Crippen LogP contribution in [0.3, 0.4) is 0 Å². The second kappa shape index (κ2) is 5.68. The van der Waals surface area contributed by atoms with Crippen LogP contribution in [0.15, 0.2) is 6.20 Å². The number of aromatic carboxylic acids is 1. The third-order valence-corrected chi connectivity index (χ3v) is 1.98. The molecule has 0 fully saturated rings. The fourth-order valence-corrected chi connectivity index (χ4v) is 1.32. The van der Waals surface area contributed by atoms with Crippen LogP contribution < -0.4 is 5.32 Å². The first-order valence-corrected chi connectivity index (χ1v) is 5.80. The molecule has 0 aliphatic carbocycles. The van der Waals surface area contributed by atoms with E-state index in [4.69, 9.17) is 9.84 Å². The Bertz CT molecular complexity index is 464. The summed E-state index contributed by atoms with van der Waals surface area (Å²) in [6.45, 7) is 7.38. The number of nitrogens with zero attached hydrogens (tertiary/aromatic N) is 3. The summed E-state index contributed by atoms with van der Waals surface area (Å²) in [7, 11) is 0. The average molecular weight is 270 g/mol. The Kier molecular flexibility index (Phi) is 4.47. The molecule has 106 valence electrons. The molecule has 1 aromatic rings. The van der Waals surface area contributed by atoms with E-state index < -0.39 is 17.7 Å². The first-order chi connectivity index (χ1) is 8.67. The van der Waals surface area contributed by atoms with Crippen molar-refractivity contribution in [3.8, 4) is 0 Å². The number of hydrogen-bond donors (Lipinski definition) is 2. The fourth-order valence-electron chi connectivity index (χ4n) is 1.32. The van der Waals surface area contributed by atoms with Crippen LogP contribution in [-0.4, -0.2) is 43.8 Å². The molecule has 1 unspecified atom stereocenters. The van der Waals surface area contributed by atoms with Crippen LogP contribution in [0.2, 0.25) is 0 Å². The molecule has 1 atom stereocenters. The molecule has 0 aliphatic heterocycles. The van der Waals surface area contributed by atoms with Crippen LogP contribution in [0.25, 0.3) is 0 Å². The first-order valence-electron chi connectivity index (χ1n) is 5.80. The topological polar surface area (TPSA) is 106 Å². The minimum atomic E-state index is -1.14. The Morgan fingerprint density at radius 3 is 2.63 bits per heavy atom. The van der Waals surface area contributed by atoms with Gasteiger partial charge >= 0.3 is 12.1 Å². The molecule has 1 rings (SSSR count). The Morgan fingerprint density at radius 2 is 2.16 bits per heavy atom. The van der Waals surface area contributed by atoms with Gasteiger partial charge in [0.25, 0.3) is 0 Å². The second-order valence-corrected chi connectivity index (χ2v) is 5.18. The Hall–Kier alpha value is -2.12. The number of ether oxygens (including phenoxy) is 1. The summed E-state index contributed by atoms with van der Waals surface area (Å²) in [4.78, 5) is 22.1. The maximum atomic E-state index is 11.5. The molecular weight excluding hydrogens is 252 g/mol. The van der Waals surface area contributed by atoms with Crippen molar-refractivity contribution in [3.63, 3.8) is 0 Å². The van der Waals surface area contributed by atoms with Gasteiger partial charge in [-0.3, -0.25) is 0 Å². The van der Waals surface area contributed by atoms with E-state index in [9.17, 15) is 9.59 Å². The highest BCUT2D eigenvalue weighted by molar-refractivity contribution is 5.84. The molecule has 1 aromatic heterocycles. The maximum absolute atomic E-state index is 11.5. The number of aromatic nitrogens is 3. The van der Waals surface area contributed by atoms with Crippen molar-refractivity contribution in [2.75, 3.05) is 0 Å². The number of alkyl carbamates (subject to hydrolysis) is 1. The van der Waals surface area contributed by atoms with E-state index >= 15 is 0 Å². The molecule has 0 saturated heterocycles. The summed E-state index contributed by atoms with van der Waals surface area (Å²) < 4.78 is 6.45. The standard InChI is InChI=1S/C11H18N4O4/c1-7(12-10(18)19-11(2,3)4)5-15-6-8(9(16)17)13-14-15/h6-7H,5H2,1-4H3,(H,12,18)(H,16,17). The van der Waals surface area contributed by atoms with Crippen molar-refractivity contribution in [2.45, 2.75) is 45.9 Å². The Balaban J connectivity index is 2.48. The van der Waals surface area contributed by atoms with Gasteiger partial charge in [-0.25, -0.2) is 14.3 Å². The van der Waals surface area contributed by atoms with Gasteiger partial charge in [-0.15, -0.1) is 5.10 Å². The lowest BCUT2D eigenvalue weighted by atomic mass is 10.2. The molecule has 0 saturated carbocycles. The monoisotopic (exact) mass is 270 g/mol. The quantitative estimate of drug-likeness (QED) is 0.841. The summed E-state index contributed by atoms with van der Waals surface area (Å²) >= 11 is 0. The molecule has 1 amide bonds. The zero-order valence-electron chi connectivity index (χ0n) is 11.4. The lowest BCUT2D eigenvalue weighted by Crippen LogP contribution is -2.39. The molecule has 19 heavy (non-hydrogen) atoms. The zero-order valence-corrected chi connectivity index (χ0v) is 11.4. The van der Waals surface area contributed by atoms with Crippen molar-refractivity contribution in [1.82, 2.24) is 20.3 Å². The van der Waals surface area contributed by atoms with Gasteiger partial charge in [-0.1, -0.05) is 5.21 Å². The van der Waals surface area contributed by atoms with E-state index in [0.717, 1.165) is 0 Å². The molecule has 8 heteroatoms. The second-order valence-electron chi connectivity index (χ2n) is 5.18. The summed E-state index contributed by atoms with van der Waals surface area (Å²) in [5.41, 5.74) is -0.697. The molecule has 1 heterocycles. The van der Waals surface area contributed by atoms with Gasteiger partial charge < -0.3 is 15.2 Å². The smallest absolute Gasteiger partial charge is 0.407 e. The van der Waals surface area contributed by atoms with E-state index in [0.29, 0.717) is 6.54 Å². The van der Waals surface area contributed by atoms with Crippen molar-refractivity contribution >= 4 is 12.1 Å². The Labute approximate surface area is 110 Å². The highest BCUT2D eigenvalue weighted by atomic mass is 16.6. The van der Waals surface area contributed by atoms with Gasteiger partial charge in [-0.2, -0.15) is 0 Å². The van der Waals surface area contributed by atoms with Crippen LogP contribution in [-0.2, 0) is 11.3 Å². The van der Waals surface area contributed by atoms with Crippen LogP contribution in [0.1, 0.15) is 38.2 Å². The molecule has 0 spiro atoms. The molecule has 8 nitrogen and oxygen atoms in total. The summed E-state index contributed by atoms with van der Waals surface area (Å²) in [5.74, 6) is -1.14. The number of nitrogens with one attached hydrogen (secondary N) is 1. The number of hydrogen-bond acceptors (Lipinski definition) is 5. The molecule has 0 aliphatic rings. The Morgan fingerprint density at radius 1 is 1.53 bits per heavy atom. The molecule has 0 aromatic carbocycles. The minimum absolute atomic E-state index is 0.135. The van der Waals surface area contributed by atoms with E-state index in [1.54, 1.807) is 27.7 Å².